The minimum atomic E-state index is -1.12. The number of methoxy groups -OCH3 is 1. The lowest BCUT2D eigenvalue weighted by Gasteiger charge is -2.21. The van der Waals surface area contributed by atoms with E-state index in [2.05, 4.69) is 5.32 Å². The van der Waals surface area contributed by atoms with Crippen molar-refractivity contribution in [2.75, 3.05) is 20.8 Å². The Balaban J connectivity index is 2.54. The molecule has 0 aliphatic rings. The van der Waals surface area contributed by atoms with Gasteiger partial charge in [0.05, 0.1) is 6.61 Å². The highest BCUT2D eigenvalue weighted by molar-refractivity contribution is 5.82. The molecule has 0 fully saturated rings. The highest BCUT2D eigenvalue weighted by Gasteiger charge is 2.21. The van der Waals surface area contributed by atoms with Crippen molar-refractivity contribution in [3.63, 3.8) is 0 Å². The first-order chi connectivity index (χ1) is 9.04. The predicted octanol–water partition coefficient (Wildman–Crippen LogP) is 0.928. The first-order valence-electron chi connectivity index (χ1n) is 5.82. The van der Waals surface area contributed by atoms with Crippen molar-refractivity contribution in [1.82, 2.24) is 10.2 Å². The van der Waals surface area contributed by atoms with Crippen LogP contribution in [-0.2, 0) is 16.1 Å². The molecule has 0 saturated heterocycles. The van der Waals surface area contributed by atoms with Gasteiger partial charge in [-0.1, -0.05) is 30.3 Å². The molecule has 0 bridgehead atoms. The van der Waals surface area contributed by atoms with Crippen molar-refractivity contribution in [1.29, 1.82) is 0 Å². The number of benzene rings is 1. The van der Waals surface area contributed by atoms with Crippen molar-refractivity contribution < 1.29 is 19.4 Å². The number of carbonyl (C=O) groups excluding carboxylic acids is 1. The van der Waals surface area contributed by atoms with Crippen molar-refractivity contribution in [2.45, 2.75) is 12.6 Å². The summed E-state index contributed by atoms with van der Waals surface area (Å²) in [5, 5.41) is 11.3. The van der Waals surface area contributed by atoms with Crippen LogP contribution in [0.1, 0.15) is 5.56 Å². The first kappa shape index (κ1) is 15.0. The van der Waals surface area contributed by atoms with Gasteiger partial charge in [0.15, 0.2) is 6.04 Å². The van der Waals surface area contributed by atoms with Crippen LogP contribution in [0.15, 0.2) is 30.3 Å². The van der Waals surface area contributed by atoms with Crippen LogP contribution in [0.5, 0.6) is 0 Å². The van der Waals surface area contributed by atoms with Gasteiger partial charge in [0, 0.05) is 20.7 Å². The second kappa shape index (κ2) is 7.38. The van der Waals surface area contributed by atoms with Gasteiger partial charge in [-0.05, 0) is 5.56 Å². The molecule has 1 unspecified atom stereocenters. The fourth-order valence-corrected chi connectivity index (χ4v) is 1.53. The molecule has 1 rings (SSSR count). The molecule has 0 aliphatic heterocycles. The fourth-order valence-electron chi connectivity index (χ4n) is 1.53. The summed E-state index contributed by atoms with van der Waals surface area (Å²) in [6.07, 6.45) is 0. The molecule has 1 aromatic carbocycles. The zero-order valence-electron chi connectivity index (χ0n) is 11.0. The summed E-state index contributed by atoms with van der Waals surface area (Å²) in [6.45, 7) is 0.340. The largest absolute Gasteiger partial charge is 0.480 e. The van der Waals surface area contributed by atoms with Crippen LogP contribution >= 0.6 is 0 Å². The molecule has 0 spiro atoms. The number of carbonyl (C=O) groups is 2. The van der Waals surface area contributed by atoms with Crippen LogP contribution in [0.25, 0.3) is 0 Å². The molecule has 104 valence electrons. The summed E-state index contributed by atoms with van der Waals surface area (Å²) in [5.41, 5.74) is 0.971. The Bertz CT molecular complexity index is 422. The highest BCUT2D eigenvalue weighted by atomic mass is 16.5. The molecule has 0 saturated carbocycles. The van der Waals surface area contributed by atoms with Crippen molar-refractivity contribution in [2.24, 2.45) is 0 Å². The molecule has 0 radical (unpaired) electrons. The molecule has 2 amide bonds. The molecule has 6 heteroatoms. The number of amides is 2. The molecule has 1 atom stereocenters. The maximum absolute atomic E-state index is 11.8. The van der Waals surface area contributed by atoms with E-state index in [1.54, 1.807) is 7.05 Å². The van der Waals surface area contributed by atoms with E-state index in [9.17, 15) is 9.59 Å². The number of rotatable bonds is 6. The number of nitrogens with one attached hydrogen (secondary N) is 1. The van der Waals surface area contributed by atoms with E-state index < -0.39 is 18.0 Å². The summed E-state index contributed by atoms with van der Waals surface area (Å²) in [5.74, 6) is -1.12. The van der Waals surface area contributed by atoms with E-state index in [0.29, 0.717) is 6.54 Å². The Morgan fingerprint density at radius 2 is 2.00 bits per heavy atom. The van der Waals surface area contributed by atoms with Crippen LogP contribution in [-0.4, -0.2) is 48.8 Å². The molecule has 1 aromatic rings. The molecule has 2 N–H and O–H groups in total. The molecule has 0 aromatic heterocycles. The zero-order chi connectivity index (χ0) is 14.3. The lowest BCUT2D eigenvalue weighted by Crippen LogP contribution is -2.48. The molecule has 6 nitrogen and oxygen atoms in total. The van der Waals surface area contributed by atoms with Crippen LogP contribution in [0.2, 0.25) is 0 Å². The third-order valence-electron chi connectivity index (χ3n) is 2.54. The van der Waals surface area contributed by atoms with Crippen LogP contribution in [0, 0.1) is 0 Å². The Kier molecular flexibility index (Phi) is 5.81. The van der Waals surface area contributed by atoms with Gasteiger partial charge in [0.25, 0.3) is 0 Å². The molecule has 19 heavy (non-hydrogen) atoms. The highest BCUT2D eigenvalue weighted by Crippen LogP contribution is 2.03. The predicted molar refractivity (Wildman–Crippen MR) is 69.7 cm³/mol. The summed E-state index contributed by atoms with van der Waals surface area (Å²) in [4.78, 5) is 24.1. The minimum Gasteiger partial charge on any atom is -0.480 e. The standard InChI is InChI=1S/C13H18N2O4/c1-15(8-10-6-4-3-5-7-10)13(18)14-11(9-19-2)12(16)17/h3-7,11H,8-9H2,1-2H3,(H,14,18)(H,16,17). The van der Waals surface area contributed by atoms with Gasteiger partial charge in [0.1, 0.15) is 0 Å². The van der Waals surface area contributed by atoms with E-state index >= 15 is 0 Å². The number of aliphatic carboxylic acids is 1. The zero-order valence-corrected chi connectivity index (χ0v) is 11.0. The monoisotopic (exact) mass is 266 g/mol. The molecular formula is C13H18N2O4. The Hall–Kier alpha value is -2.08. The molecular weight excluding hydrogens is 248 g/mol. The van der Waals surface area contributed by atoms with Gasteiger partial charge >= 0.3 is 12.0 Å². The Morgan fingerprint density at radius 3 is 2.53 bits per heavy atom. The summed E-state index contributed by atoms with van der Waals surface area (Å²) in [7, 11) is 2.99. The number of carboxylic acid groups (broad SMARTS) is 1. The summed E-state index contributed by atoms with van der Waals surface area (Å²) < 4.78 is 4.75. The third kappa shape index (κ3) is 4.97. The summed E-state index contributed by atoms with van der Waals surface area (Å²) in [6, 6.07) is 7.95. The van der Waals surface area contributed by atoms with E-state index in [4.69, 9.17) is 9.84 Å². The van der Waals surface area contributed by atoms with Crippen LogP contribution in [0.3, 0.4) is 0 Å². The van der Waals surface area contributed by atoms with E-state index in [1.807, 2.05) is 30.3 Å². The van der Waals surface area contributed by atoms with Crippen LogP contribution < -0.4 is 5.32 Å². The minimum absolute atomic E-state index is 0.0692. The maximum Gasteiger partial charge on any atom is 0.328 e. The number of ether oxygens (including phenoxy) is 1. The SMILES string of the molecule is COCC(NC(=O)N(C)Cc1ccccc1)C(=O)O. The first-order valence-corrected chi connectivity index (χ1v) is 5.82. The van der Waals surface area contributed by atoms with Crippen molar-refractivity contribution in [3.8, 4) is 0 Å². The van der Waals surface area contributed by atoms with E-state index in [-0.39, 0.29) is 6.61 Å². The Labute approximate surface area is 112 Å². The van der Waals surface area contributed by atoms with Gasteiger partial charge in [-0.2, -0.15) is 0 Å². The van der Waals surface area contributed by atoms with Gasteiger partial charge in [-0.3, -0.25) is 0 Å². The normalized spacial score (nSPS) is 11.7. The number of hydrogen-bond acceptors (Lipinski definition) is 3. The number of nitrogens with zero attached hydrogens (tertiary/aromatic N) is 1. The number of urea groups is 1. The average Bonchev–Trinajstić information content (AvgIpc) is 2.39. The van der Waals surface area contributed by atoms with Gasteiger partial charge in [0.2, 0.25) is 0 Å². The lowest BCUT2D eigenvalue weighted by molar-refractivity contribution is -0.140. The van der Waals surface area contributed by atoms with Crippen molar-refractivity contribution >= 4 is 12.0 Å². The van der Waals surface area contributed by atoms with Gasteiger partial charge in [-0.15, -0.1) is 0 Å². The van der Waals surface area contributed by atoms with Gasteiger partial charge < -0.3 is 20.1 Å². The second-order valence-corrected chi connectivity index (χ2v) is 4.14. The Morgan fingerprint density at radius 1 is 1.37 bits per heavy atom. The lowest BCUT2D eigenvalue weighted by atomic mass is 10.2. The topological polar surface area (TPSA) is 78.9 Å². The number of hydrogen-bond donors (Lipinski definition) is 2. The average molecular weight is 266 g/mol. The maximum atomic E-state index is 11.8. The number of carboxylic acids is 1. The fraction of sp³-hybridized carbons (Fsp3) is 0.385. The molecule has 0 heterocycles. The van der Waals surface area contributed by atoms with Crippen LogP contribution in [0.4, 0.5) is 4.79 Å². The summed E-state index contributed by atoms with van der Waals surface area (Å²) >= 11 is 0. The van der Waals surface area contributed by atoms with E-state index in [1.165, 1.54) is 12.0 Å². The smallest absolute Gasteiger partial charge is 0.328 e. The van der Waals surface area contributed by atoms with E-state index in [0.717, 1.165) is 5.56 Å². The van der Waals surface area contributed by atoms with Crippen molar-refractivity contribution in [3.05, 3.63) is 35.9 Å². The quantitative estimate of drug-likeness (QED) is 0.802. The van der Waals surface area contributed by atoms with Gasteiger partial charge in [-0.25, -0.2) is 9.59 Å². The molecule has 0 aliphatic carbocycles. The third-order valence-corrected chi connectivity index (χ3v) is 2.54. The second-order valence-electron chi connectivity index (χ2n) is 4.14.